The molecule has 0 unspecified atom stereocenters. The minimum absolute atomic E-state index is 0.254. The van der Waals surface area contributed by atoms with E-state index in [4.69, 9.17) is 4.74 Å². The predicted molar refractivity (Wildman–Crippen MR) is 109 cm³/mol. The molecular weight excluding hydrogens is 354 g/mol. The van der Waals surface area contributed by atoms with Crippen LogP contribution in [0.5, 0.6) is 0 Å². The zero-order chi connectivity index (χ0) is 19.8. The van der Waals surface area contributed by atoms with E-state index in [1.54, 1.807) is 36.5 Å². The summed E-state index contributed by atoms with van der Waals surface area (Å²) < 4.78 is 4.75. The van der Waals surface area contributed by atoms with Gasteiger partial charge in [-0.25, -0.2) is 4.79 Å². The predicted octanol–water partition coefficient (Wildman–Crippen LogP) is 3.78. The molecule has 0 radical (unpaired) electrons. The number of nitrogens with zero attached hydrogens (tertiary/aromatic N) is 1. The van der Waals surface area contributed by atoms with E-state index in [0.29, 0.717) is 5.69 Å². The topological polar surface area (TPSA) is 80.3 Å². The first-order valence-corrected chi connectivity index (χ1v) is 8.90. The third kappa shape index (κ3) is 4.94. The summed E-state index contributed by atoms with van der Waals surface area (Å²) in [4.78, 5) is 28.5. The van der Waals surface area contributed by atoms with E-state index < -0.39 is 11.9 Å². The fourth-order valence-electron chi connectivity index (χ4n) is 2.73. The van der Waals surface area contributed by atoms with Gasteiger partial charge < -0.3 is 15.4 Å². The van der Waals surface area contributed by atoms with Gasteiger partial charge in [0.2, 0.25) is 0 Å². The first kappa shape index (κ1) is 19.1. The second-order valence-electron chi connectivity index (χ2n) is 6.08. The number of benzene rings is 2. The molecule has 0 spiro atoms. The maximum Gasteiger partial charge on any atom is 0.339 e. The number of rotatable bonds is 7. The zero-order valence-corrected chi connectivity index (χ0v) is 15.5. The van der Waals surface area contributed by atoms with E-state index >= 15 is 0 Å². The summed E-state index contributed by atoms with van der Waals surface area (Å²) >= 11 is 0. The van der Waals surface area contributed by atoms with Crippen molar-refractivity contribution in [3.05, 3.63) is 89.7 Å². The molecule has 0 saturated heterocycles. The number of anilines is 2. The van der Waals surface area contributed by atoms with Crippen LogP contribution in [0, 0.1) is 0 Å². The van der Waals surface area contributed by atoms with Crippen molar-refractivity contribution in [3.8, 4) is 0 Å². The normalized spacial score (nSPS) is 10.2. The van der Waals surface area contributed by atoms with Crippen LogP contribution in [0.1, 0.15) is 26.4 Å². The number of aromatic nitrogens is 1. The molecule has 2 aromatic carbocycles. The molecule has 0 aliphatic heterocycles. The van der Waals surface area contributed by atoms with E-state index in [2.05, 4.69) is 27.8 Å². The Labute approximate surface area is 163 Å². The molecule has 6 nitrogen and oxygen atoms in total. The van der Waals surface area contributed by atoms with Gasteiger partial charge in [-0.1, -0.05) is 42.5 Å². The summed E-state index contributed by atoms with van der Waals surface area (Å²) in [5.74, 6) is -0.914. The number of carbonyl (C=O) groups is 2. The maximum atomic E-state index is 12.6. The van der Waals surface area contributed by atoms with Gasteiger partial charge in [0.1, 0.15) is 5.69 Å². The van der Waals surface area contributed by atoms with Gasteiger partial charge in [0.25, 0.3) is 5.91 Å². The molecule has 1 heterocycles. The number of pyridine rings is 1. The number of ether oxygens (including phenoxy) is 1. The van der Waals surface area contributed by atoms with Crippen molar-refractivity contribution in [1.82, 2.24) is 4.98 Å². The Kier molecular flexibility index (Phi) is 6.36. The standard InChI is InChI=1S/C22H21N3O3/c1-28-22(27)18-9-5-6-10-19(18)25-21(26)20-15-17(12-14-24-20)23-13-11-16-7-3-2-4-8-16/h2-10,12,14-15H,11,13H2,1H3,(H,23,24)(H,25,26). The molecule has 0 saturated carbocycles. The van der Waals surface area contributed by atoms with Crippen molar-refractivity contribution < 1.29 is 14.3 Å². The molecule has 0 bridgehead atoms. The number of carbonyl (C=O) groups excluding carboxylic acids is 2. The third-order valence-corrected chi connectivity index (χ3v) is 4.16. The average Bonchev–Trinajstić information content (AvgIpc) is 2.74. The van der Waals surface area contributed by atoms with Crippen molar-refractivity contribution in [1.29, 1.82) is 0 Å². The van der Waals surface area contributed by atoms with Crippen molar-refractivity contribution in [2.45, 2.75) is 6.42 Å². The first-order valence-electron chi connectivity index (χ1n) is 8.90. The fourth-order valence-corrected chi connectivity index (χ4v) is 2.73. The lowest BCUT2D eigenvalue weighted by Crippen LogP contribution is -2.17. The Morgan fingerprint density at radius 3 is 2.54 bits per heavy atom. The van der Waals surface area contributed by atoms with Gasteiger partial charge in [-0.2, -0.15) is 0 Å². The van der Waals surface area contributed by atoms with Gasteiger partial charge in [0, 0.05) is 18.4 Å². The SMILES string of the molecule is COC(=O)c1ccccc1NC(=O)c1cc(NCCc2ccccc2)ccn1. The molecule has 1 aromatic heterocycles. The molecule has 3 rings (SSSR count). The minimum atomic E-state index is -0.514. The van der Waals surface area contributed by atoms with Crippen LogP contribution in [-0.2, 0) is 11.2 Å². The Morgan fingerprint density at radius 1 is 1.00 bits per heavy atom. The number of hydrogen-bond acceptors (Lipinski definition) is 5. The Morgan fingerprint density at radius 2 is 1.75 bits per heavy atom. The van der Waals surface area contributed by atoms with Crippen LogP contribution in [0.4, 0.5) is 11.4 Å². The fraction of sp³-hybridized carbons (Fsp3) is 0.136. The number of nitrogens with one attached hydrogen (secondary N) is 2. The Bertz CT molecular complexity index is 958. The third-order valence-electron chi connectivity index (χ3n) is 4.16. The smallest absolute Gasteiger partial charge is 0.339 e. The second kappa shape index (κ2) is 9.32. The van der Waals surface area contributed by atoms with Crippen LogP contribution in [0.15, 0.2) is 72.9 Å². The highest BCUT2D eigenvalue weighted by Crippen LogP contribution is 2.17. The van der Waals surface area contributed by atoms with Crippen LogP contribution in [0.3, 0.4) is 0 Å². The van der Waals surface area contributed by atoms with E-state index in [1.165, 1.54) is 12.7 Å². The van der Waals surface area contributed by atoms with Crippen molar-refractivity contribution in [2.75, 3.05) is 24.3 Å². The molecule has 0 atom stereocenters. The quantitative estimate of drug-likeness (QED) is 0.615. The number of methoxy groups -OCH3 is 1. The molecule has 6 heteroatoms. The number of esters is 1. The van der Waals surface area contributed by atoms with E-state index in [1.807, 2.05) is 24.3 Å². The number of amides is 1. The van der Waals surface area contributed by atoms with Gasteiger partial charge in [-0.3, -0.25) is 9.78 Å². The van der Waals surface area contributed by atoms with Crippen LogP contribution >= 0.6 is 0 Å². The highest BCUT2D eigenvalue weighted by atomic mass is 16.5. The largest absolute Gasteiger partial charge is 0.465 e. The summed E-state index contributed by atoms with van der Waals surface area (Å²) in [6, 6.07) is 20.3. The zero-order valence-electron chi connectivity index (χ0n) is 15.5. The molecule has 0 fully saturated rings. The maximum absolute atomic E-state index is 12.6. The molecule has 142 valence electrons. The summed E-state index contributed by atoms with van der Waals surface area (Å²) in [6.45, 7) is 0.736. The Balaban J connectivity index is 1.65. The summed E-state index contributed by atoms with van der Waals surface area (Å²) in [5, 5.41) is 6.02. The molecule has 2 N–H and O–H groups in total. The lowest BCUT2D eigenvalue weighted by molar-refractivity contribution is 0.0602. The summed E-state index contributed by atoms with van der Waals surface area (Å²) in [6.07, 6.45) is 2.45. The molecule has 3 aromatic rings. The van der Waals surface area contributed by atoms with E-state index in [9.17, 15) is 9.59 Å². The summed E-state index contributed by atoms with van der Waals surface area (Å²) in [7, 11) is 1.30. The van der Waals surface area contributed by atoms with Gasteiger partial charge in [-0.15, -0.1) is 0 Å². The van der Waals surface area contributed by atoms with Crippen molar-refractivity contribution >= 4 is 23.3 Å². The molecule has 0 aliphatic carbocycles. The van der Waals surface area contributed by atoms with Crippen LogP contribution in [0.25, 0.3) is 0 Å². The molecule has 28 heavy (non-hydrogen) atoms. The number of para-hydroxylation sites is 1. The highest BCUT2D eigenvalue weighted by molar-refractivity contribution is 6.07. The first-order chi connectivity index (χ1) is 13.7. The van der Waals surface area contributed by atoms with Crippen LogP contribution < -0.4 is 10.6 Å². The van der Waals surface area contributed by atoms with E-state index in [0.717, 1.165) is 18.7 Å². The molecule has 1 amide bonds. The van der Waals surface area contributed by atoms with Crippen molar-refractivity contribution in [2.24, 2.45) is 0 Å². The van der Waals surface area contributed by atoms with Gasteiger partial charge in [-0.05, 0) is 36.2 Å². The molecule has 0 aliphatic rings. The lowest BCUT2D eigenvalue weighted by atomic mass is 10.1. The lowest BCUT2D eigenvalue weighted by Gasteiger charge is -2.10. The van der Waals surface area contributed by atoms with Gasteiger partial charge >= 0.3 is 5.97 Å². The van der Waals surface area contributed by atoms with Crippen LogP contribution in [0.2, 0.25) is 0 Å². The minimum Gasteiger partial charge on any atom is -0.465 e. The summed E-state index contributed by atoms with van der Waals surface area (Å²) in [5.41, 5.74) is 2.96. The highest BCUT2D eigenvalue weighted by Gasteiger charge is 2.15. The molecular formula is C22H21N3O3. The van der Waals surface area contributed by atoms with E-state index in [-0.39, 0.29) is 11.3 Å². The number of hydrogen-bond donors (Lipinski definition) is 2. The Hall–Kier alpha value is -3.67. The monoisotopic (exact) mass is 375 g/mol. The van der Waals surface area contributed by atoms with Crippen molar-refractivity contribution in [3.63, 3.8) is 0 Å². The van der Waals surface area contributed by atoms with Gasteiger partial charge in [0.15, 0.2) is 0 Å². The second-order valence-corrected chi connectivity index (χ2v) is 6.08. The van der Waals surface area contributed by atoms with Crippen LogP contribution in [-0.4, -0.2) is 30.5 Å². The van der Waals surface area contributed by atoms with Gasteiger partial charge in [0.05, 0.1) is 18.4 Å². The average molecular weight is 375 g/mol.